The molecule has 2 N–H and O–H groups in total. The summed E-state index contributed by atoms with van der Waals surface area (Å²) < 4.78 is 15.5. The minimum atomic E-state index is -1.07. The summed E-state index contributed by atoms with van der Waals surface area (Å²) in [5, 5.41) is 11.7. The predicted octanol–water partition coefficient (Wildman–Crippen LogP) is 3.28. The minimum Gasteiger partial charge on any atom is -0.480 e. The summed E-state index contributed by atoms with van der Waals surface area (Å²) in [6, 6.07) is 7.53. The zero-order valence-corrected chi connectivity index (χ0v) is 16.0. The van der Waals surface area contributed by atoms with E-state index < -0.39 is 17.9 Å². The van der Waals surface area contributed by atoms with Crippen molar-refractivity contribution in [1.82, 2.24) is 14.7 Å². The number of carbonyl (C=O) groups excluding carboxylic acids is 1. The smallest absolute Gasteiger partial charge is 0.326 e. The van der Waals surface area contributed by atoms with E-state index in [0.717, 1.165) is 5.56 Å². The number of carbonyl (C=O) groups is 2. The number of aliphatic carboxylic acids is 1. The maximum atomic E-state index is 13.7. The third-order valence-electron chi connectivity index (χ3n) is 4.67. The van der Waals surface area contributed by atoms with Gasteiger partial charge < -0.3 is 14.8 Å². The monoisotopic (exact) mass is 383 g/mol. The van der Waals surface area contributed by atoms with Crippen LogP contribution in [0.2, 0.25) is 0 Å². The Kier molecular flexibility index (Phi) is 5.44. The van der Waals surface area contributed by atoms with Gasteiger partial charge in [-0.15, -0.1) is 0 Å². The first-order chi connectivity index (χ1) is 13.3. The van der Waals surface area contributed by atoms with E-state index in [4.69, 9.17) is 0 Å². The van der Waals surface area contributed by atoms with Crippen molar-refractivity contribution in [1.29, 1.82) is 0 Å². The first-order valence-electron chi connectivity index (χ1n) is 9.06. The minimum absolute atomic E-state index is 0.0415. The predicted molar refractivity (Wildman–Crippen MR) is 104 cm³/mol. The Morgan fingerprint density at radius 1 is 1.25 bits per heavy atom. The molecule has 0 saturated heterocycles. The highest BCUT2D eigenvalue weighted by Gasteiger charge is 2.21. The fourth-order valence-corrected chi connectivity index (χ4v) is 3.13. The molecule has 0 aliphatic carbocycles. The van der Waals surface area contributed by atoms with Crippen LogP contribution in [0.25, 0.3) is 16.9 Å². The Bertz CT molecular complexity index is 1060. The third kappa shape index (κ3) is 3.88. The van der Waals surface area contributed by atoms with E-state index in [-0.39, 0.29) is 18.7 Å². The zero-order valence-electron chi connectivity index (χ0n) is 16.0. The quantitative estimate of drug-likeness (QED) is 0.684. The number of nitrogens with zero attached hydrogens (tertiary/aromatic N) is 2. The third-order valence-corrected chi connectivity index (χ3v) is 4.67. The molecule has 3 rings (SSSR count). The molecule has 1 atom stereocenters. The highest BCUT2D eigenvalue weighted by Crippen LogP contribution is 2.27. The van der Waals surface area contributed by atoms with Gasteiger partial charge in [-0.2, -0.15) is 0 Å². The van der Waals surface area contributed by atoms with Gasteiger partial charge >= 0.3 is 5.97 Å². The molecular weight excluding hydrogens is 361 g/mol. The molecule has 2 heterocycles. The molecule has 1 aromatic carbocycles. The second-order valence-corrected chi connectivity index (χ2v) is 6.85. The van der Waals surface area contributed by atoms with Gasteiger partial charge in [-0.3, -0.25) is 4.79 Å². The van der Waals surface area contributed by atoms with Gasteiger partial charge in [0, 0.05) is 11.8 Å². The van der Waals surface area contributed by atoms with Crippen LogP contribution in [0.1, 0.15) is 30.2 Å². The number of nitrogens with one attached hydrogen (secondary N) is 1. The van der Waals surface area contributed by atoms with Gasteiger partial charge in [0.1, 0.15) is 17.5 Å². The molecule has 2 aromatic heterocycles. The molecule has 0 aliphatic rings. The number of carboxylic acid groups (broad SMARTS) is 1. The average molecular weight is 383 g/mol. The van der Waals surface area contributed by atoms with Crippen molar-refractivity contribution in [2.24, 2.45) is 0 Å². The van der Waals surface area contributed by atoms with Crippen LogP contribution in [0, 0.1) is 19.7 Å². The number of aromatic nitrogens is 2. The largest absolute Gasteiger partial charge is 0.480 e. The lowest BCUT2D eigenvalue weighted by atomic mass is 10.1. The summed E-state index contributed by atoms with van der Waals surface area (Å²) in [6.45, 7) is 5.30. The molecule has 0 saturated carbocycles. The van der Waals surface area contributed by atoms with Gasteiger partial charge in [0.15, 0.2) is 0 Å². The van der Waals surface area contributed by atoms with Gasteiger partial charge in [-0.05, 0) is 55.7 Å². The number of hydrogen-bond donors (Lipinski definition) is 2. The summed E-state index contributed by atoms with van der Waals surface area (Å²) in [7, 11) is 0. The van der Waals surface area contributed by atoms with E-state index in [1.807, 2.05) is 29.7 Å². The molecule has 146 valence electrons. The van der Waals surface area contributed by atoms with Gasteiger partial charge in [0.25, 0.3) is 0 Å². The molecule has 1 unspecified atom stereocenters. The number of fused-ring (bicyclic) bond motifs is 1. The van der Waals surface area contributed by atoms with Crippen LogP contribution in [-0.2, 0) is 16.0 Å². The lowest BCUT2D eigenvalue weighted by molar-refractivity contribution is -0.141. The second-order valence-electron chi connectivity index (χ2n) is 6.85. The molecule has 6 nitrogen and oxygen atoms in total. The average Bonchev–Trinajstić information content (AvgIpc) is 2.99. The Labute approximate surface area is 162 Å². The molecule has 0 radical (unpaired) electrons. The van der Waals surface area contributed by atoms with E-state index in [1.165, 1.54) is 6.07 Å². The number of halogens is 1. The van der Waals surface area contributed by atoms with Crippen LogP contribution in [0.3, 0.4) is 0 Å². The zero-order chi connectivity index (χ0) is 20.4. The number of rotatable bonds is 6. The maximum Gasteiger partial charge on any atom is 0.326 e. The van der Waals surface area contributed by atoms with E-state index in [1.54, 1.807) is 26.0 Å². The van der Waals surface area contributed by atoms with E-state index in [9.17, 15) is 19.1 Å². The van der Waals surface area contributed by atoms with E-state index in [0.29, 0.717) is 28.2 Å². The van der Waals surface area contributed by atoms with Crippen LogP contribution in [0.5, 0.6) is 0 Å². The van der Waals surface area contributed by atoms with Gasteiger partial charge in [-0.1, -0.05) is 13.0 Å². The van der Waals surface area contributed by atoms with Crippen molar-refractivity contribution in [3.05, 3.63) is 59.2 Å². The molecule has 0 fully saturated rings. The Morgan fingerprint density at radius 2 is 2.00 bits per heavy atom. The summed E-state index contributed by atoms with van der Waals surface area (Å²) >= 11 is 0. The van der Waals surface area contributed by atoms with Crippen molar-refractivity contribution >= 4 is 17.5 Å². The van der Waals surface area contributed by atoms with Crippen molar-refractivity contribution < 1.29 is 19.1 Å². The van der Waals surface area contributed by atoms with E-state index in [2.05, 4.69) is 10.3 Å². The number of imidazole rings is 1. The lowest BCUT2D eigenvalue weighted by Crippen LogP contribution is -2.41. The molecule has 1 amide bonds. The summed E-state index contributed by atoms with van der Waals surface area (Å²) in [6.07, 6.45) is 2.12. The van der Waals surface area contributed by atoms with Crippen LogP contribution < -0.4 is 5.32 Å². The molecule has 0 bridgehead atoms. The number of benzene rings is 1. The number of hydrogen-bond acceptors (Lipinski definition) is 3. The van der Waals surface area contributed by atoms with Crippen molar-refractivity contribution in [3.63, 3.8) is 0 Å². The standard InChI is InChI=1S/C21H22FN3O3/c1-4-16(21(27)28)23-19(26)10-17-20(14-6-7-15(22)13(3)9-14)24-18-8-5-12(2)11-25(17)18/h5-9,11,16H,4,10H2,1-3H3,(H,23,26)(H,27,28). The molecular formula is C21H22FN3O3. The van der Waals surface area contributed by atoms with Gasteiger partial charge in [0.2, 0.25) is 5.91 Å². The normalized spacial score (nSPS) is 12.1. The van der Waals surface area contributed by atoms with E-state index >= 15 is 0 Å². The number of pyridine rings is 1. The first-order valence-corrected chi connectivity index (χ1v) is 9.06. The van der Waals surface area contributed by atoms with Crippen molar-refractivity contribution in [2.75, 3.05) is 0 Å². The van der Waals surface area contributed by atoms with Crippen molar-refractivity contribution in [2.45, 2.75) is 39.7 Å². The number of amides is 1. The Hall–Kier alpha value is -3.22. The maximum absolute atomic E-state index is 13.7. The topological polar surface area (TPSA) is 83.7 Å². The highest BCUT2D eigenvalue weighted by molar-refractivity contribution is 5.86. The fraction of sp³-hybridized carbons (Fsp3) is 0.286. The second kappa shape index (κ2) is 7.80. The Morgan fingerprint density at radius 3 is 2.64 bits per heavy atom. The fourth-order valence-electron chi connectivity index (χ4n) is 3.13. The van der Waals surface area contributed by atoms with Crippen LogP contribution in [0.4, 0.5) is 4.39 Å². The summed E-state index contributed by atoms with van der Waals surface area (Å²) in [4.78, 5) is 28.4. The summed E-state index contributed by atoms with van der Waals surface area (Å²) in [5.41, 5.74) is 4.04. The molecule has 28 heavy (non-hydrogen) atoms. The molecule has 0 spiro atoms. The number of carboxylic acids is 1. The molecule has 3 aromatic rings. The van der Waals surface area contributed by atoms with Crippen molar-refractivity contribution in [3.8, 4) is 11.3 Å². The summed E-state index contributed by atoms with van der Waals surface area (Å²) in [5.74, 6) is -1.79. The van der Waals surface area contributed by atoms with Gasteiger partial charge in [-0.25, -0.2) is 14.2 Å². The van der Waals surface area contributed by atoms with Crippen LogP contribution in [-0.4, -0.2) is 32.4 Å². The van der Waals surface area contributed by atoms with Gasteiger partial charge in [0.05, 0.1) is 17.8 Å². The SMILES string of the molecule is CCC(NC(=O)Cc1c(-c2ccc(F)c(C)c2)nc2ccc(C)cn12)C(=O)O. The Balaban J connectivity index is 2.06. The molecule has 0 aliphatic heterocycles. The van der Waals surface area contributed by atoms with Crippen LogP contribution >= 0.6 is 0 Å². The highest BCUT2D eigenvalue weighted by atomic mass is 19.1. The first kappa shape index (κ1) is 19.5. The lowest BCUT2D eigenvalue weighted by Gasteiger charge is -2.13. The van der Waals surface area contributed by atoms with Crippen LogP contribution in [0.15, 0.2) is 36.5 Å². The molecule has 7 heteroatoms. The number of aryl methyl sites for hydroxylation is 2.